The maximum Gasteiger partial charge on any atom is 0.310 e. The highest BCUT2D eigenvalue weighted by molar-refractivity contribution is 5.74. The second-order valence-corrected chi connectivity index (χ2v) is 6.95. The summed E-state index contributed by atoms with van der Waals surface area (Å²) >= 11 is 0. The van der Waals surface area contributed by atoms with Crippen molar-refractivity contribution >= 4 is 5.97 Å². The molecule has 0 bridgehead atoms. The van der Waals surface area contributed by atoms with Crippen LogP contribution in [0.25, 0.3) is 0 Å². The molecule has 1 atom stereocenters. The van der Waals surface area contributed by atoms with Crippen LogP contribution in [-0.2, 0) is 16.8 Å². The fourth-order valence-electron chi connectivity index (χ4n) is 2.48. The molecule has 2 rings (SSSR count). The van der Waals surface area contributed by atoms with E-state index >= 15 is 0 Å². The van der Waals surface area contributed by atoms with Gasteiger partial charge >= 0.3 is 5.97 Å². The zero-order valence-corrected chi connectivity index (χ0v) is 12.6. The smallest absolute Gasteiger partial charge is 0.310 e. The standard InChI is InChI=1S/C14H23N3O3/c1-13(2,3)11-15-10(16-20-11)8-17-7-5-6-14(4,9-17)12(18)19/h5-9H2,1-4H3,(H,18,19). The summed E-state index contributed by atoms with van der Waals surface area (Å²) in [5, 5.41) is 13.3. The third kappa shape index (κ3) is 3.17. The molecule has 0 radical (unpaired) electrons. The van der Waals surface area contributed by atoms with Crippen LogP contribution in [0.15, 0.2) is 4.52 Å². The van der Waals surface area contributed by atoms with Gasteiger partial charge in [0, 0.05) is 12.0 Å². The van der Waals surface area contributed by atoms with Crippen molar-refractivity contribution in [2.24, 2.45) is 5.41 Å². The molecule has 1 unspecified atom stereocenters. The predicted octanol–water partition coefficient (Wildman–Crippen LogP) is 2.05. The molecule has 2 heterocycles. The number of likely N-dealkylation sites (tertiary alicyclic amines) is 1. The number of aromatic nitrogens is 2. The number of rotatable bonds is 3. The molecule has 1 N–H and O–H groups in total. The van der Waals surface area contributed by atoms with Crippen molar-refractivity contribution in [3.05, 3.63) is 11.7 Å². The fourth-order valence-corrected chi connectivity index (χ4v) is 2.48. The molecule has 1 aromatic rings. The van der Waals surface area contributed by atoms with Crippen molar-refractivity contribution < 1.29 is 14.4 Å². The summed E-state index contributed by atoms with van der Waals surface area (Å²) in [5.41, 5.74) is -0.836. The van der Waals surface area contributed by atoms with Crippen LogP contribution in [0.3, 0.4) is 0 Å². The number of carboxylic acid groups (broad SMARTS) is 1. The van der Waals surface area contributed by atoms with Gasteiger partial charge in [-0.3, -0.25) is 9.69 Å². The fraction of sp³-hybridized carbons (Fsp3) is 0.786. The van der Waals surface area contributed by atoms with Crippen LogP contribution in [0, 0.1) is 5.41 Å². The molecule has 0 spiro atoms. The van der Waals surface area contributed by atoms with Crippen molar-refractivity contribution in [3.8, 4) is 0 Å². The van der Waals surface area contributed by atoms with E-state index in [0.717, 1.165) is 19.4 Å². The zero-order valence-electron chi connectivity index (χ0n) is 12.6. The average Bonchev–Trinajstić information content (AvgIpc) is 2.77. The zero-order chi connectivity index (χ0) is 15.0. The average molecular weight is 281 g/mol. The van der Waals surface area contributed by atoms with Crippen LogP contribution in [0.4, 0.5) is 0 Å². The number of carboxylic acids is 1. The van der Waals surface area contributed by atoms with Crippen molar-refractivity contribution in [1.82, 2.24) is 15.0 Å². The Hall–Kier alpha value is -1.43. The van der Waals surface area contributed by atoms with E-state index in [1.807, 2.05) is 20.8 Å². The van der Waals surface area contributed by atoms with Crippen LogP contribution in [0.1, 0.15) is 52.3 Å². The Labute approximate surface area is 119 Å². The van der Waals surface area contributed by atoms with Gasteiger partial charge in [-0.1, -0.05) is 25.9 Å². The minimum atomic E-state index is -0.731. The van der Waals surface area contributed by atoms with E-state index in [1.165, 1.54) is 0 Å². The highest BCUT2D eigenvalue weighted by Crippen LogP contribution is 2.30. The molecule has 1 aliphatic heterocycles. The van der Waals surface area contributed by atoms with Gasteiger partial charge in [0.25, 0.3) is 0 Å². The molecule has 0 aliphatic carbocycles. The molecule has 0 saturated carbocycles. The van der Waals surface area contributed by atoms with Gasteiger partial charge < -0.3 is 9.63 Å². The highest BCUT2D eigenvalue weighted by atomic mass is 16.5. The molecule has 0 amide bonds. The van der Waals surface area contributed by atoms with Gasteiger partial charge in [-0.2, -0.15) is 4.98 Å². The van der Waals surface area contributed by atoms with Crippen molar-refractivity contribution in [2.45, 2.75) is 52.5 Å². The highest BCUT2D eigenvalue weighted by Gasteiger charge is 2.38. The molecule has 6 nitrogen and oxygen atoms in total. The van der Waals surface area contributed by atoms with Crippen LogP contribution < -0.4 is 0 Å². The molecule has 112 valence electrons. The summed E-state index contributed by atoms with van der Waals surface area (Å²) in [4.78, 5) is 17.8. The van der Waals surface area contributed by atoms with E-state index in [2.05, 4.69) is 15.0 Å². The van der Waals surface area contributed by atoms with Crippen LogP contribution >= 0.6 is 0 Å². The lowest BCUT2D eigenvalue weighted by Crippen LogP contribution is -2.45. The van der Waals surface area contributed by atoms with Crippen LogP contribution in [0.5, 0.6) is 0 Å². The molecule has 0 aromatic carbocycles. The number of aliphatic carboxylic acids is 1. The summed E-state index contributed by atoms with van der Waals surface area (Å²) in [6.07, 6.45) is 1.60. The summed E-state index contributed by atoms with van der Waals surface area (Å²) in [6.45, 7) is 9.82. The lowest BCUT2D eigenvalue weighted by molar-refractivity contribution is -0.151. The van der Waals surface area contributed by atoms with Gasteiger partial charge in [-0.15, -0.1) is 0 Å². The van der Waals surface area contributed by atoms with Gasteiger partial charge in [0.05, 0.1) is 12.0 Å². The monoisotopic (exact) mass is 281 g/mol. The van der Waals surface area contributed by atoms with Crippen molar-refractivity contribution in [2.75, 3.05) is 13.1 Å². The second-order valence-electron chi connectivity index (χ2n) is 6.95. The lowest BCUT2D eigenvalue weighted by Gasteiger charge is -2.36. The summed E-state index contributed by atoms with van der Waals surface area (Å²) < 4.78 is 5.27. The molecule has 1 fully saturated rings. The molecule has 1 aromatic heterocycles. The van der Waals surface area contributed by atoms with E-state index in [9.17, 15) is 9.90 Å². The molecule has 6 heteroatoms. The SMILES string of the molecule is CC1(C(=O)O)CCCN(Cc2noc(C(C)(C)C)n2)C1. The van der Waals surface area contributed by atoms with Crippen molar-refractivity contribution in [3.63, 3.8) is 0 Å². The Morgan fingerprint density at radius 3 is 2.75 bits per heavy atom. The molecular weight excluding hydrogens is 258 g/mol. The Balaban J connectivity index is 2.03. The normalized spacial score (nSPS) is 24.8. The minimum absolute atomic E-state index is 0.164. The first-order valence-electron chi connectivity index (χ1n) is 6.99. The number of carbonyl (C=O) groups is 1. The quantitative estimate of drug-likeness (QED) is 0.913. The Morgan fingerprint density at radius 1 is 1.50 bits per heavy atom. The van der Waals surface area contributed by atoms with E-state index in [-0.39, 0.29) is 5.41 Å². The summed E-state index contributed by atoms with van der Waals surface area (Å²) in [6, 6.07) is 0. The Kier molecular flexibility index (Phi) is 3.86. The Morgan fingerprint density at radius 2 is 2.20 bits per heavy atom. The number of piperidine rings is 1. The van der Waals surface area contributed by atoms with Gasteiger partial charge in [0.2, 0.25) is 5.89 Å². The first-order valence-corrected chi connectivity index (χ1v) is 6.99. The molecular formula is C14H23N3O3. The third-order valence-corrected chi connectivity index (χ3v) is 3.77. The van der Waals surface area contributed by atoms with Gasteiger partial charge in [-0.05, 0) is 26.3 Å². The van der Waals surface area contributed by atoms with E-state index in [4.69, 9.17) is 4.52 Å². The number of nitrogens with zero attached hydrogens (tertiary/aromatic N) is 3. The van der Waals surface area contributed by atoms with Crippen molar-refractivity contribution in [1.29, 1.82) is 0 Å². The number of hydrogen-bond donors (Lipinski definition) is 1. The predicted molar refractivity (Wildman–Crippen MR) is 73.3 cm³/mol. The van der Waals surface area contributed by atoms with Gasteiger partial charge in [0.1, 0.15) is 0 Å². The first-order chi connectivity index (χ1) is 9.21. The van der Waals surface area contributed by atoms with E-state index in [1.54, 1.807) is 6.92 Å². The van der Waals surface area contributed by atoms with E-state index < -0.39 is 11.4 Å². The third-order valence-electron chi connectivity index (χ3n) is 3.77. The van der Waals surface area contributed by atoms with Gasteiger partial charge in [-0.25, -0.2) is 0 Å². The minimum Gasteiger partial charge on any atom is -0.481 e. The number of hydrogen-bond acceptors (Lipinski definition) is 5. The maximum atomic E-state index is 11.3. The Bertz CT molecular complexity index is 492. The second kappa shape index (κ2) is 5.16. The van der Waals surface area contributed by atoms with Crippen LogP contribution in [0.2, 0.25) is 0 Å². The first kappa shape index (κ1) is 15.0. The molecule has 1 aliphatic rings. The topological polar surface area (TPSA) is 79.5 Å². The van der Waals surface area contributed by atoms with Crippen LogP contribution in [-0.4, -0.2) is 39.2 Å². The lowest BCUT2D eigenvalue weighted by atomic mass is 9.82. The summed E-state index contributed by atoms with van der Waals surface area (Å²) in [5.74, 6) is 0.515. The largest absolute Gasteiger partial charge is 0.481 e. The van der Waals surface area contributed by atoms with Gasteiger partial charge in [0.15, 0.2) is 5.82 Å². The maximum absolute atomic E-state index is 11.3. The van der Waals surface area contributed by atoms with E-state index in [0.29, 0.717) is 24.8 Å². The molecule has 1 saturated heterocycles. The molecule has 20 heavy (non-hydrogen) atoms. The summed E-state index contributed by atoms with van der Waals surface area (Å²) in [7, 11) is 0.